The molecule has 0 aliphatic rings. The molecule has 0 N–H and O–H groups in total. The van der Waals surface area contributed by atoms with E-state index in [4.69, 9.17) is 8.53 Å². The maximum absolute atomic E-state index is 9.90. The summed E-state index contributed by atoms with van der Waals surface area (Å²) in [6.07, 6.45) is 0. The molecule has 9 aromatic carbocycles. The van der Waals surface area contributed by atoms with E-state index in [1.807, 2.05) is 91.0 Å². The van der Waals surface area contributed by atoms with Gasteiger partial charge in [0.15, 0.2) is 0 Å². The topological polar surface area (TPSA) is 23.0 Å². The monoisotopic (exact) mass is 747 g/mol. The molecule has 3 heterocycles. The fraction of sp³-hybridized carbons (Fsp3) is 0.0182. The number of fused-ring (bicyclic) bond motifs is 9. The molecule has 0 fully saturated rings. The standard InChI is InChI=1S/C55H36N2O/c1-35-15-17-38(18-16-35)41-21-27-45-49-32-40(23-30-52(49)57(53(45)33-41)43-26-28-47-46-12-6-8-14-54(46)58-55(47)34-43)39-22-29-51-48(31-39)44-11-5-7-13-50(44)56(51)42-24-19-37(20-25-42)36-9-3-2-4-10-36/h2-34H,1H3/i5D,7D,11D,13D,22D,29D,31D. The van der Waals surface area contributed by atoms with Crippen molar-refractivity contribution in [3.8, 4) is 44.8 Å². The van der Waals surface area contributed by atoms with Gasteiger partial charge in [-0.15, -0.1) is 0 Å². The van der Waals surface area contributed by atoms with Crippen LogP contribution >= 0.6 is 0 Å². The van der Waals surface area contributed by atoms with Gasteiger partial charge in [0.1, 0.15) is 11.2 Å². The second-order valence-corrected chi connectivity index (χ2v) is 14.9. The van der Waals surface area contributed by atoms with Crippen molar-refractivity contribution in [2.75, 3.05) is 0 Å². The summed E-state index contributed by atoms with van der Waals surface area (Å²) < 4.78 is 75.0. The van der Waals surface area contributed by atoms with E-state index in [1.165, 1.54) is 5.56 Å². The van der Waals surface area contributed by atoms with Crippen molar-refractivity contribution >= 4 is 65.6 Å². The molecule has 0 bridgehead atoms. The molecule has 3 nitrogen and oxygen atoms in total. The summed E-state index contributed by atoms with van der Waals surface area (Å²) in [5.74, 6) is 0. The minimum absolute atomic E-state index is 0.0873. The van der Waals surface area contributed by atoms with Gasteiger partial charge in [0, 0.05) is 49.8 Å². The van der Waals surface area contributed by atoms with E-state index in [0.717, 1.165) is 71.7 Å². The Morgan fingerprint density at radius 3 is 1.90 bits per heavy atom. The number of para-hydroxylation sites is 2. The number of furan rings is 1. The van der Waals surface area contributed by atoms with E-state index in [-0.39, 0.29) is 57.6 Å². The molecule has 0 spiro atoms. The Balaban J connectivity index is 1.11. The Morgan fingerprint density at radius 1 is 0.379 bits per heavy atom. The van der Waals surface area contributed by atoms with Gasteiger partial charge in [-0.2, -0.15) is 0 Å². The predicted molar refractivity (Wildman–Crippen MR) is 243 cm³/mol. The molecule has 3 heteroatoms. The van der Waals surface area contributed by atoms with Crippen LogP contribution < -0.4 is 0 Å². The average molecular weight is 748 g/mol. The Hall–Kier alpha value is -7.62. The van der Waals surface area contributed by atoms with Crippen molar-refractivity contribution in [2.24, 2.45) is 0 Å². The number of hydrogen-bond acceptors (Lipinski definition) is 1. The Bertz CT molecular complexity index is 3960. The molecular weight excluding hydrogens is 705 g/mol. The minimum Gasteiger partial charge on any atom is -0.456 e. The molecule has 0 atom stereocenters. The van der Waals surface area contributed by atoms with Crippen LogP contribution in [0.2, 0.25) is 0 Å². The third-order valence-corrected chi connectivity index (χ3v) is 11.5. The third-order valence-electron chi connectivity index (χ3n) is 11.5. The van der Waals surface area contributed by atoms with E-state index in [9.17, 15) is 5.48 Å². The second-order valence-electron chi connectivity index (χ2n) is 14.9. The number of rotatable bonds is 5. The lowest BCUT2D eigenvalue weighted by Gasteiger charge is -2.10. The summed E-state index contributed by atoms with van der Waals surface area (Å²) in [5, 5.41) is 4.24. The smallest absolute Gasteiger partial charge is 0.137 e. The first-order valence-electron chi connectivity index (χ1n) is 22.8. The first-order chi connectivity index (χ1) is 31.6. The molecule has 58 heavy (non-hydrogen) atoms. The van der Waals surface area contributed by atoms with E-state index in [1.54, 1.807) is 4.57 Å². The third kappa shape index (κ3) is 5.07. The zero-order valence-electron chi connectivity index (χ0n) is 38.3. The van der Waals surface area contributed by atoms with E-state index >= 15 is 0 Å². The molecule has 0 aliphatic heterocycles. The van der Waals surface area contributed by atoms with Crippen LogP contribution in [0.5, 0.6) is 0 Å². The summed E-state index contributed by atoms with van der Waals surface area (Å²) in [7, 11) is 0. The van der Waals surface area contributed by atoms with Gasteiger partial charge in [-0.25, -0.2) is 0 Å². The lowest BCUT2D eigenvalue weighted by molar-refractivity contribution is 0.668. The van der Waals surface area contributed by atoms with Crippen molar-refractivity contribution in [1.29, 1.82) is 0 Å². The largest absolute Gasteiger partial charge is 0.456 e. The summed E-state index contributed by atoms with van der Waals surface area (Å²) in [6, 6.07) is 50.6. The average Bonchev–Trinajstić information content (AvgIpc) is 4.00. The van der Waals surface area contributed by atoms with Crippen LogP contribution in [0.3, 0.4) is 0 Å². The van der Waals surface area contributed by atoms with Crippen LogP contribution in [0.1, 0.15) is 15.2 Å². The molecule has 12 aromatic rings. The highest BCUT2D eigenvalue weighted by Crippen LogP contribution is 2.40. The number of nitrogens with zero attached hydrogens (tertiary/aromatic N) is 2. The minimum atomic E-state index is -0.427. The summed E-state index contributed by atoms with van der Waals surface area (Å²) in [4.78, 5) is 0. The lowest BCUT2D eigenvalue weighted by atomic mass is 9.99. The molecule has 3 aromatic heterocycles. The quantitative estimate of drug-likeness (QED) is 0.172. The zero-order valence-corrected chi connectivity index (χ0v) is 31.3. The van der Waals surface area contributed by atoms with E-state index < -0.39 is 12.1 Å². The van der Waals surface area contributed by atoms with Crippen LogP contribution in [0.4, 0.5) is 0 Å². The number of benzene rings is 9. The lowest BCUT2D eigenvalue weighted by Crippen LogP contribution is -1.94. The SMILES string of the molecule is [2H]c1c([2H])c([2H])c2c(c1[2H])c1c([2H])c(-c3ccc4c(c3)c3ccc(-c5ccc(C)cc5)cc3n4-c3ccc4c(c3)oc3ccccc34)c([2H])c([2H])c1n2-c1ccc(-c2ccccc2)cc1. The summed E-state index contributed by atoms with van der Waals surface area (Å²) >= 11 is 0. The van der Waals surface area contributed by atoms with Gasteiger partial charge in [-0.3, -0.25) is 0 Å². The van der Waals surface area contributed by atoms with Gasteiger partial charge in [0.05, 0.1) is 31.7 Å². The number of hydrogen-bond donors (Lipinski definition) is 0. The zero-order chi connectivity index (χ0) is 44.4. The van der Waals surface area contributed by atoms with Crippen molar-refractivity contribution in [2.45, 2.75) is 6.92 Å². The van der Waals surface area contributed by atoms with Crippen LogP contribution in [-0.4, -0.2) is 9.13 Å². The molecular formula is C55H36N2O. The Kier molecular flexibility index (Phi) is 5.75. The van der Waals surface area contributed by atoms with Gasteiger partial charge >= 0.3 is 0 Å². The molecule has 12 rings (SSSR count). The van der Waals surface area contributed by atoms with Crippen LogP contribution in [0.25, 0.3) is 110 Å². The van der Waals surface area contributed by atoms with Crippen LogP contribution in [0.15, 0.2) is 204 Å². The predicted octanol–water partition coefficient (Wildman–Crippen LogP) is 15.1. The first-order valence-corrected chi connectivity index (χ1v) is 19.3. The molecule has 0 unspecified atom stereocenters. The van der Waals surface area contributed by atoms with Crippen molar-refractivity contribution < 1.29 is 14.0 Å². The van der Waals surface area contributed by atoms with Gasteiger partial charge in [-0.1, -0.05) is 133 Å². The maximum atomic E-state index is 9.90. The molecule has 0 amide bonds. The highest BCUT2D eigenvalue weighted by atomic mass is 16.3. The number of aromatic nitrogens is 2. The van der Waals surface area contributed by atoms with Crippen molar-refractivity contribution in [1.82, 2.24) is 9.13 Å². The molecule has 272 valence electrons. The molecule has 0 aliphatic carbocycles. The van der Waals surface area contributed by atoms with Crippen LogP contribution in [-0.2, 0) is 0 Å². The fourth-order valence-corrected chi connectivity index (χ4v) is 8.58. The maximum Gasteiger partial charge on any atom is 0.137 e. The summed E-state index contributed by atoms with van der Waals surface area (Å²) in [5.41, 5.74) is 11.2. The first kappa shape index (κ1) is 26.3. The van der Waals surface area contributed by atoms with E-state index in [2.05, 4.69) is 78.2 Å². The summed E-state index contributed by atoms with van der Waals surface area (Å²) in [6.45, 7) is 2.07. The van der Waals surface area contributed by atoms with Crippen molar-refractivity contribution in [3.63, 3.8) is 0 Å². The van der Waals surface area contributed by atoms with Gasteiger partial charge in [0.25, 0.3) is 0 Å². The van der Waals surface area contributed by atoms with E-state index in [0.29, 0.717) is 11.3 Å². The van der Waals surface area contributed by atoms with Gasteiger partial charge in [0.2, 0.25) is 0 Å². The normalized spacial score (nSPS) is 13.6. The van der Waals surface area contributed by atoms with Gasteiger partial charge < -0.3 is 13.6 Å². The Labute approximate surface area is 345 Å². The van der Waals surface area contributed by atoms with Gasteiger partial charge in [-0.05, 0) is 107 Å². The molecule has 0 saturated carbocycles. The van der Waals surface area contributed by atoms with Crippen LogP contribution in [0, 0.1) is 6.92 Å². The number of aryl methyl sites for hydroxylation is 1. The van der Waals surface area contributed by atoms with Crippen molar-refractivity contribution in [3.05, 3.63) is 206 Å². The second kappa shape index (κ2) is 12.7. The highest BCUT2D eigenvalue weighted by molar-refractivity contribution is 6.14. The Morgan fingerprint density at radius 2 is 1.02 bits per heavy atom. The molecule has 0 radical (unpaired) electrons. The fourth-order valence-electron chi connectivity index (χ4n) is 8.58. The highest BCUT2D eigenvalue weighted by Gasteiger charge is 2.18. The molecule has 0 saturated heterocycles.